The zero-order valence-electron chi connectivity index (χ0n) is 8.21. The molecule has 1 aliphatic carbocycles. The summed E-state index contributed by atoms with van der Waals surface area (Å²) < 4.78 is 5.20. The van der Waals surface area contributed by atoms with Crippen molar-refractivity contribution in [2.24, 2.45) is 0 Å². The summed E-state index contributed by atoms with van der Waals surface area (Å²) >= 11 is 0. The Hall–Kier alpha value is -1.56. The summed E-state index contributed by atoms with van der Waals surface area (Å²) in [7, 11) is 1.63. The molecule has 0 atom stereocenters. The first-order chi connectivity index (χ1) is 6.86. The number of nitrogens with zero attached hydrogens (tertiary/aromatic N) is 2. The van der Waals surface area contributed by atoms with Crippen LogP contribution in [0.2, 0.25) is 0 Å². The number of rotatable bonds is 1. The van der Waals surface area contributed by atoms with E-state index in [4.69, 9.17) is 11.3 Å². The molecule has 0 amide bonds. The average Bonchev–Trinajstić information content (AvgIpc) is 2.27. The molecule has 0 radical (unpaired) electrons. The zero-order chi connectivity index (χ0) is 9.97. The van der Waals surface area contributed by atoms with Gasteiger partial charge in [0.05, 0.1) is 13.7 Å². The monoisotopic (exact) mass is 188 g/mol. The quantitative estimate of drug-likeness (QED) is 0.633. The van der Waals surface area contributed by atoms with Crippen LogP contribution in [-0.4, -0.2) is 12.1 Å². The van der Waals surface area contributed by atoms with E-state index in [-0.39, 0.29) is 0 Å². The van der Waals surface area contributed by atoms with Crippen LogP contribution in [0.5, 0.6) is 5.88 Å². The van der Waals surface area contributed by atoms with Gasteiger partial charge in [-0.2, -0.15) is 0 Å². The molecule has 3 nitrogen and oxygen atoms in total. The molecular formula is C11H12N2O. The molecule has 2 rings (SSSR count). The van der Waals surface area contributed by atoms with Crippen molar-refractivity contribution in [1.29, 1.82) is 0 Å². The van der Waals surface area contributed by atoms with Gasteiger partial charge in [-0.3, -0.25) is 0 Å². The van der Waals surface area contributed by atoms with Crippen LogP contribution in [0.25, 0.3) is 4.85 Å². The van der Waals surface area contributed by atoms with Gasteiger partial charge in [-0.25, -0.2) is 9.83 Å². The smallest absolute Gasteiger partial charge is 0.213 e. The van der Waals surface area contributed by atoms with Gasteiger partial charge < -0.3 is 4.74 Å². The zero-order valence-corrected chi connectivity index (χ0v) is 8.21. The minimum Gasteiger partial charge on any atom is -0.481 e. The molecule has 0 N–H and O–H groups in total. The predicted molar refractivity (Wildman–Crippen MR) is 53.7 cm³/mol. The summed E-state index contributed by atoms with van der Waals surface area (Å²) in [6, 6.07) is 0. The van der Waals surface area contributed by atoms with Crippen molar-refractivity contribution < 1.29 is 4.74 Å². The van der Waals surface area contributed by atoms with Gasteiger partial charge in [-0.05, 0) is 24.8 Å². The fourth-order valence-electron chi connectivity index (χ4n) is 1.97. The van der Waals surface area contributed by atoms with E-state index in [1.165, 1.54) is 12.8 Å². The summed E-state index contributed by atoms with van der Waals surface area (Å²) in [4.78, 5) is 7.64. The normalized spacial score (nSPS) is 14.3. The van der Waals surface area contributed by atoms with E-state index in [1.807, 2.05) is 0 Å². The molecule has 0 spiro atoms. The maximum atomic E-state index is 7.06. The van der Waals surface area contributed by atoms with Gasteiger partial charge in [0.1, 0.15) is 0 Å². The second kappa shape index (κ2) is 3.67. The van der Waals surface area contributed by atoms with Crippen LogP contribution in [0.15, 0.2) is 6.20 Å². The lowest BCUT2D eigenvalue weighted by Crippen LogP contribution is -2.06. The minimum absolute atomic E-state index is 0.695. The Labute approximate surface area is 83.6 Å². The number of hydrogen-bond acceptors (Lipinski definition) is 2. The molecule has 0 saturated carbocycles. The standard InChI is InChI=1S/C11H12N2O/c1-12-10-7-13-11(14-2)9-6-4-3-5-8(9)10/h7H,3-6H2,2H3. The average molecular weight is 188 g/mol. The third kappa shape index (κ3) is 1.33. The van der Waals surface area contributed by atoms with Crippen LogP contribution < -0.4 is 4.74 Å². The summed E-state index contributed by atoms with van der Waals surface area (Å²) in [5, 5.41) is 0. The van der Waals surface area contributed by atoms with Crippen LogP contribution in [-0.2, 0) is 12.8 Å². The molecule has 1 aliphatic rings. The highest BCUT2D eigenvalue weighted by molar-refractivity contribution is 5.57. The fourth-order valence-corrected chi connectivity index (χ4v) is 1.97. The van der Waals surface area contributed by atoms with E-state index >= 15 is 0 Å². The van der Waals surface area contributed by atoms with Gasteiger partial charge in [-0.1, -0.05) is 6.42 Å². The predicted octanol–water partition coefficient (Wildman–Crippen LogP) is 2.52. The van der Waals surface area contributed by atoms with Gasteiger partial charge in [0.25, 0.3) is 0 Å². The van der Waals surface area contributed by atoms with Crippen molar-refractivity contribution in [3.8, 4) is 5.88 Å². The highest BCUT2D eigenvalue weighted by Crippen LogP contribution is 2.34. The summed E-state index contributed by atoms with van der Waals surface area (Å²) in [6.45, 7) is 7.06. The molecule has 0 aromatic carbocycles. The number of pyridine rings is 1. The molecule has 3 heteroatoms. The lowest BCUT2D eigenvalue weighted by Gasteiger charge is -2.18. The summed E-state index contributed by atoms with van der Waals surface area (Å²) in [5.74, 6) is 0.701. The maximum Gasteiger partial charge on any atom is 0.213 e. The van der Waals surface area contributed by atoms with Crippen LogP contribution in [0, 0.1) is 6.57 Å². The Balaban J connectivity index is 2.57. The number of hydrogen-bond donors (Lipinski definition) is 0. The van der Waals surface area contributed by atoms with E-state index in [9.17, 15) is 0 Å². The first-order valence-corrected chi connectivity index (χ1v) is 4.79. The molecule has 1 heterocycles. The summed E-state index contributed by atoms with van der Waals surface area (Å²) in [5.41, 5.74) is 2.99. The largest absolute Gasteiger partial charge is 0.481 e. The Morgan fingerprint density at radius 2 is 2.07 bits per heavy atom. The van der Waals surface area contributed by atoms with Crippen LogP contribution >= 0.6 is 0 Å². The fraction of sp³-hybridized carbons (Fsp3) is 0.455. The molecule has 14 heavy (non-hydrogen) atoms. The van der Waals surface area contributed by atoms with E-state index in [0.29, 0.717) is 11.6 Å². The lowest BCUT2D eigenvalue weighted by atomic mass is 9.92. The van der Waals surface area contributed by atoms with Crippen molar-refractivity contribution in [2.45, 2.75) is 25.7 Å². The van der Waals surface area contributed by atoms with E-state index < -0.39 is 0 Å². The Kier molecular flexibility index (Phi) is 2.36. The van der Waals surface area contributed by atoms with Crippen molar-refractivity contribution in [3.05, 3.63) is 28.7 Å². The summed E-state index contributed by atoms with van der Waals surface area (Å²) in [6.07, 6.45) is 5.95. The SMILES string of the molecule is [C-]#[N+]c1cnc(OC)c2c1CCCC2. The van der Waals surface area contributed by atoms with E-state index in [2.05, 4.69) is 9.83 Å². The van der Waals surface area contributed by atoms with Crippen LogP contribution in [0.3, 0.4) is 0 Å². The molecule has 0 bridgehead atoms. The molecular weight excluding hydrogens is 176 g/mol. The van der Waals surface area contributed by atoms with E-state index in [1.54, 1.807) is 13.3 Å². The minimum atomic E-state index is 0.695. The topological polar surface area (TPSA) is 26.5 Å². The number of aromatic nitrogens is 1. The second-order valence-corrected chi connectivity index (χ2v) is 3.43. The number of methoxy groups -OCH3 is 1. The Morgan fingerprint density at radius 1 is 1.36 bits per heavy atom. The van der Waals surface area contributed by atoms with Crippen molar-refractivity contribution in [1.82, 2.24) is 4.98 Å². The van der Waals surface area contributed by atoms with Gasteiger partial charge >= 0.3 is 0 Å². The highest BCUT2D eigenvalue weighted by Gasteiger charge is 2.18. The van der Waals surface area contributed by atoms with Gasteiger partial charge in [0.2, 0.25) is 11.6 Å². The second-order valence-electron chi connectivity index (χ2n) is 3.43. The first kappa shape index (κ1) is 9.01. The third-order valence-electron chi connectivity index (χ3n) is 2.65. The Morgan fingerprint density at radius 3 is 2.71 bits per heavy atom. The molecule has 0 unspecified atom stereocenters. The first-order valence-electron chi connectivity index (χ1n) is 4.79. The van der Waals surface area contributed by atoms with Crippen molar-refractivity contribution in [3.63, 3.8) is 0 Å². The van der Waals surface area contributed by atoms with Gasteiger partial charge in [-0.15, -0.1) is 0 Å². The van der Waals surface area contributed by atoms with Gasteiger partial charge in [0.15, 0.2) is 0 Å². The third-order valence-corrected chi connectivity index (χ3v) is 2.65. The molecule has 72 valence electrons. The maximum absolute atomic E-state index is 7.06. The molecule has 0 saturated heterocycles. The molecule has 1 aromatic rings. The van der Waals surface area contributed by atoms with Crippen LogP contribution in [0.4, 0.5) is 5.69 Å². The van der Waals surface area contributed by atoms with Crippen molar-refractivity contribution in [2.75, 3.05) is 7.11 Å². The lowest BCUT2D eigenvalue weighted by molar-refractivity contribution is 0.389. The molecule has 0 fully saturated rings. The Bertz CT molecular complexity index is 393. The van der Waals surface area contributed by atoms with Crippen LogP contribution in [0.1, 0.15) is 24.0 Å². The molecule has 1 aromatic heterocycles. The highest BCUT2D eigenvalue weighted by atomic mass is 16.5. The van der Waals surface area contributed by atoms with Crippen molar-refractivity contribution >= 4 is 5.69 Å². The molecule has 0 aliphatic heterocycles. The van der Waals surface area contributed by atoms with Gasteiger partial charge in [0, 0.05) is 11.8 Å². The van der Waals surface area contributed by atoms with E-state index in [0.717, 1.165) is 24.0 Å². The number of fused-ring (bicyclic) bond motifs is 1. The number of ether oxygens (including phenoxy) is 1.